The highest BCUT2D eigenvalue weighted by atomic mass is 32.2. The number of carbonyl (C=O) groups is 4. The Labute approximate surface area is 189 Å². The van der Waals surface area contributed by atoms with E-state index in [1.54, 1.807) is 30.5 Å². The summed E-state index contributed by atoms with van der Waals surface area (Å²) in [5, 5.41) is 5.13. The molecular weight excluding hydrogens is 434 g/mol. The lowest BCUT2D eigenvalue weighted by molar-refractivity contribution is -0.153. The standard InChI is InChI=1S/C22H25N3O6S/c1-3-30-20(28)18-13(2)23-21(29)24-15(18)11-31-19(27)16-12-32-22(10-9-17(26)25(16)22)14-7-5-4-6-8-14/h4-8,13,16H,3,9-12H2,1-2H3,(H2,23,24,29)/t13-,16-,22+/m0/s1. The second-order valence-electron chi connectivity index (χ2n) is 7.78. The number of urea groups is 1. The highest BCUT2D eigenvalue weighted by molar-refractivity contribution is 8.00. The van der Waals surface area contributed by atoms with E-state index in [9.17, 15) is 19.2 Å². The van der Waals surface area contributed by atoms with E-state index in [-0.39, 0.29) is 30.4 Å². The van der Waals surface area contributed by atoms with Gasteiger partial charge in [-0.05, 0) is 25.8 Å². The molecule has 1 aromatic carbocycles. The number of fused-ring (bicyclic) bond motifs is 1. The number of nitrogens with zero attached hydrogens (tertiary/aromatic N) is 1. The zero-order chi connectivity index (χ0) is 22.9. The Morgan fingerprint density at radius 3 is 2.69 bits per heavy atom. The van der Waals surface area contributed by atoms with E-state index in [1.165, 1.54) is 0 Å². The van der Waals surface area contributed by atoms with Gasteiger partial charge < -0.3 is 25.0 Å². The highest BCUT2D eigenvalue weighted by Gasteiger charge is 2.57. The number of carbonyl (C=O) groups excluding carboxylic acids is 4. The summed E-state index contributed by atoms with van der Waals surface area (Å²) in [4.78, 5) is 51.1. The molecule has 1 aromatic rings. The molecule has 3 aliphatic rings. The molecular formula is C22H25N3O6S. The molecule has 3 amide bonds. The summed E-state index contributed by atoms with van der Waals surface area (Å²) in [6.07, 6.45) is 0.991. The van der Waals surface area contributed by atoms with Crippen LogP contribution in [0.25, 0.3) is 0 Å². The second kappa shape index (κ2) is 8.85. The summed E-state index contributed by atoms with van der Waals surface area (Å²) in [7, 11) is 0. The average molecular weight is 460 g/mol. The molecule has 3 atom stereocenters. The monoisotopic (exact) mass is 459 g/mol. The topological polar surface area (TPSA) is 114 Å². The van der Waals surface area contributed by atoms with Crippen molar-refractivity contribution in [3.05, 3.63) is 47.2 Å². The molecule has 2 N–H and O–H groups in total. The van der Waals surface area contributed by atoms with E-state index in [2.05, 4.69) is 10.6 Å². The molecule has 2 saturated heterocycles. The van der Waals surface area contributed by atoms with Gasteiger partial charge in [-0.1, -0.05) is 30.3 Å². The molecule has 3 aliphatic heterocycles. The molecule has 170 valence electrons. The minimum Gasteiger partial charge on any atom is -0.463 e. The second-order valence-corrected chi connectivity index (χ2v) is 9.08. The summed E-state index contributed by atoms with van der Waals surface area (Å²) in [6, 6.07) is 7.86. The van der Waals surface area contributed by atoms with Gasteiger partial charge in [-0.2, -0.15) is 0 Å². The van der Waals surface area contributed by atoms with Crippen LogP contribution in [0, 0.1) is 0 Å². The maximum absolute atomic E-state index is 13.0. The van der Waals surface area contributed by atoms with E-state index in [0.29, 0.717) is 18.6 Å². The molecule has 0 saturated carbocycles. The van der Waals surface area contributed by atoms with Gasteiger partial charge in [0.25, 0.3) is 0 Å². The number of ether oxygens (including phenoxy) is 2. The van der Waals surface area contributed by atoms with Crippen LogP contribution in [0.5, 0.6) is 0 Å². The van der Waals surface area contributed by atoms with Crippen molar-refractivity contribution in [3.8, 4) is 0 Å². The van der Waals surface area contributed by atoms with Crippen molar-refractivity contribution < 1.29 is 28.7 Å². The molecule has 0 bridgehead atoms. The van der Waals surface area contributed by atoms with E-state index in [1.807, 2.05) is 30.3 Å². The number of amides is 3. The van der Waals surface area contributed by atoms with Crippen LogP contribution in [0.15, 0.2) is 41.6 Å². The fourth-order valence-electron chi connectivity index (χ4n) is 4.45. The fourth-order valence-corrected chi connectivity index (χ4v) is 6.08. The van der Waals surface area contributed by atoms with E-state index in [4.69, 9.17) is 9.47 Å². The van der Waals surface area contributed by atoms with E-state index < -0.39 is 34.9 Å². The lowest BCUT2D eigenvalue weighted by Crippen LogP contribution is -2.50. The largest absolute Gasteiger partial charge is 0.463 e. The first-order valence-electron chi connectivity index (χ1n) is 10.5. The normalized spacial score (nSPS) is 27.0. The van der Waals surface area contributed by atoms with Gasteiger partial charge in [-0.25, -0.2) is 14.4 Å². The molecule has 32 heavy (non-hydrogen) atoms. The van der Waals surface area contributed by atoms with Crippen molar-refractivity contribution >= 4 is 35.6 Å². The van der Waals surface area contributed by atoms with Gasteiger partial charge in [0.15, 0.2) is 0 Å². The smallest absolute Gasteiger partial charge is 0.338 e. The van der Waals surface area contributed by atoms with Gasteiger partial charge in [0, 0.05) is 12.2 Å². The third kappa shape index (κ3) is 3.83. The highest BCUT2D eigenvalue weighted by Crippen LogP contribution is 2.54. The van der Waals surface area contributed by atoms with Crippen LogP contribution in [0.2, 0.25) is 0 Å². The van der Waals surface area contributed by atoms with Crippen LogP contribution in [0.4, 0.5) is 4.79 Å². The molecule has 9 nitrogen and oxygen atoms in total. The number of esters is 2. The molecule has 0 aliphatic carbocycles. The summed E-state index contributed by atoms with van der Waals surface area (Å²) in [5.41, 5.74) is 1.37. The number of benzene rings is 1. The Bertz CT molecular complexity index is 981. The molecule has 10 heteroatoms. The first-order chi connectivity index (χ1) is 15.4. The van der Waals surface area contributed by atoms with Crippen molar-refractivity contribution in [1.29, 1.82) is 0 Å². The number of nitrogens with one attached hydrogen (secondary N) is 2. The van der Waals surface area contributed by atoms with Crippen LogP contribution in [0.1, 0.15) is 32.3 Å². The van der Waals surface area contributed by atoms with Gasteiger partial charge >= 0.3 is 18.0 Å². The molecule has 0 aromatic heterocycles. The molecule has 0 radical (unpaired) electrons. The van der Waals surface area contributed by atoms with Crippen LogP contribution < -0.4 is 10.6 Å². The first kappa shape index (κ1) is 22.2. The van der Waals surface area contributed by atoms with Gasteiger partial charge in [0.2, 0.25) is 5.91 Å². The van der Waals surface area contributed by atoms with Crippen LogP contribution in [-0.2, 0) is 28.7 Å². The van der Waals surface area contributed by atoms with Gasteiger partial charge in [-0.15, -0.1) is 11.8 Å². The molecule has 0 unspecified atom stereocenters. The van der Waals surface area contributed by atoms with Crippen molar-refractivity contribution in [2.75, 3.05) is 19.0 Å². The third-order valence-electron chi connectivity index (χ3n) is 5.85. The lowest BCUT2D eigenvalue weighted by Gasteiger charge is -2.33. The van der Waals surface area contributed by atoms with Crippen LogP contribution >= 0.6 is 11.8 Å². The first-order valence-corrected chi connectivity index (χ1v) is 11.5. The van der Waals surface area contributed by atoms with E-state index >= 15 is 0 Å². The summed E-state index contributed by atoms with van der Waals surface area (Å²) in [6.45, 7) is 3.21. The van der Waals surface area contributed by atoms with Crippen molar-refractivity contribution in [2.24, 2.45) is 0 Å². The number of hydrogen-bond donors (Lipinski definition) is 2. The van der Waals surface area contributed by atoms with Crippen molar-refractivity contribution in [1.82, 2.24) is 15.5 Å². The Morgan fingerprint density at radius 1 is 1.22 bits per heavy atom. The zero-order valence-corrected chi connectivity index (χ0v) is 18.7. The zero-order valence-electron chi connectivity index (χ0n) is 17.9. The van der Waals surface area contributed by atoms with Crippen molar-refractivity contribution in [3.63, 3.8) is 0 Å². The van der Waals surface area contributed by atoms with E-state index in [0.717, 1.165) is 5.56 Å². The third-order valence-corrected chi connectivity index (χ3v) is 7.44. The summed E-state index contributed by atoms with van der Waals surface area (Å²) < 4.78 is 10.6. The predicted octanol–water partition coefficient (Wildman–Crippen LogP) is 1.64. The fraction of sp³-hybridized carbons (Fsp3) is 0.455. The van der Waals surface area contributed by atoms with Crippen LogP contribution in [0.3, 0.4) is 0 Å². The Morgan fingerprint density at radius 2 is 1.97 bits per heavy atom. The summed E-state index contributed by atoms with van der Waals surface area (Å²) >= 11 is 1.57. The Kier molecular flexibility index (Phi) is 6.14. The Hall–Kier alpha value is -3.01. The SMILES string of the molecule is CCOC(=O)C1=C(COC(=O)[C@@H]2CS[C@@]3(c4ccccc4)CCC(=O)N23)NC(=O)N[C@H]1C. The summed E-state index contributed by atoms with van der Waals surface area (Å²) in [5.74, 6) is -0.835. The minimum atomic E-state index is -0.739. The lowest BCUT2D eigenvalue weighted by atomic mass is 10.0. The number of hydrogen-bond acceptors (Lipinski definition) is 7. The molecule has 3 heterocycles. The average Bonchev–Trinajstić information content (AvgIpc) is 3.31. The molecule has 2 fully saturated rings. The molecule has 0 spiro atoms. The predicted molar refractivity (Wildman–Crippen MR) is 116 cm³/mol. The maximum atomic E-state index is 13.0. The number of rotatable bonds is 6. The van der Waals surface area contributed by atoms with Crippen molar-refractivity contribution in [2.45, 2.75) is 43.6 Å². The maximum Gasteiger partial charge on any atom is 0.338 e. The molecule has 4 rings (SSSR count). The van der Waals surface area contributed by atoms with Gasteiger partial charge in [-0.3, -0.25) is 4.79 Å². The quantitative estimate of drug-likeness (QED) is 0.622. The van der Waals surface area contributed by atoms with Gasteiger partial charge in [0.1, 0.15) is 17.5 Å². The Balaban J connectivity index is 1.53. The number of thioether (sulfide) groups is 1. The minimum absolute atomic E-state index is 0.0870. The van der Waals surface area contributed by atoms with Crippen LogP contribution in [-0.4, -0.2) is 59.8 Å². The van der Waals surface area contributed by atoms with Gasteiger partial charge in [0.05, 0.1) is 23.9 Å².